The number of nitro groups is 1. The Kier molecular flexibility index (Phi) is 4.90. The number of nitrogens with zero attached hydrogens (tertiary/aromatic N) is 1. The van der Waals surface area contributed by atoms with Crippen molar-refractivity contribution in [2.24, 2.45) is 0 Å². The average molecular weight is 315 g/mol. The molecule has 0 amide bonds. The number of ether oxygens (including phenoxy) is 1. The van der Waals surface area contributed by atoms with Gasteiger partial charge in [0.1, 0.15) is 16.5 Å². The molecule has 0 heterocycles. The van der Waals surface area contributed by atoms with Gasteiger partial charge in [-0.15, -0.1) is 0 Å². The van der Waals surface area contributed by atoms with Gasteiger partial charge in [0.25, 0.3) is 5.69 Å². The van der Waals surface area contributed by atoms with Gasteiger partial charge in [-0.2, -0.15) is 0 Å². The number of esters is 1. The first kappa shape index (κ1) is 16.9. The Morgan fingerprint density at radius 1 is 1.48 bits per heavy atom. The van der Waals surface area contributed by atoms with Crippen molar-refractivity contribution in [3.63, 3.8) is 0 Å². The number of carbonyl (C=O) groups excluding carboxylic acids is 1. The third-order valence-electron chi connectivity index (χ3n) is 2.42. The summed E-state index contributed by atoms with van der Waals surface area (Å²) in [5, 5.41) is 27.6. The molecule has 0 saturated carbocycles. The molecule has 0 aromatic heterocycles. The molecule has 0 bridgehead atoms. The van der Waals surface area contributed by atoms with Crippen LogP contribution in [0.2, 0.25) is 0 Å². The summed E-state index contributed by atoms with van der Waals surface area (Å²) < 4.78 is 5.09. The lowest BCUT2D eigenvalue weighted by Crippen LogP contribution is -2.25. The van der Waals surface area contributed by atoms with E-state index in [1.165, 1.54) is 0 Å². The van der Waals surface area contributed by atoms with Crippen LogP contribution >= 0.6 is 11.6 Å². The van der Waals surface area contributed by atoms with Crippen molar-refractivity contribution in [1.82, 2.24) is 0 Å². The topological polar surface area (TPSA) is 114 Å². The fourth-order valence-corrected chi connectivity index (χ4v) is 1.95. The van der Waals surface area contributed by atoms with Gasteiger partial charge in [0.15, 0.2) is 0 Å². The number of nitrogens with one attached hydrogen (secondary N) is 1. The summed E-state index contributed by atoms with van der Waals surface area (Å²) in [6.45, 7) is 4.98. The maximum absolute atomic E-state index is 11.8. The molecular formula is C13H15ClN2O5. The highest BCUT2D eigenvalue weighted by molar-refractivity contribution is 6.69. The van der Waals surface area contributed by atoms with Gasteiger partial charge in [-0.1, -0.05) is 11.6 Å². The van der Waals surface area contributed by atoms with E-state index in [2.05, 4.69) is 0 Å². The Bertz CT molecular complexity index is 607. The summed E-state index contributed by atoms with van der Waals surface area (Å²) in [6.07, 6.45) is -0.466. The highest BCUT2D eigenvalue weighted by Crippen LogP contribution is 2.31. The van der Waals surface area contributed by atoms with Crippen LogP contribution in [0.5, 0.6) is 5.75 Å². The number of hydrogen-bond acceptors (Lipinski definition) is 6. The molecule has 0 aliphatic heterocycles. The third-order valence-corrected chi connectivity index (χ3v) is 2.61. The fraction of sp³-hybridized carbons (Fsp3) is 0.385. The Morgan fingerprint density at radius 2 is 2.05 bits per heavy atom. The molecule has 1 aromatic rings. The van der Waals surface area contributed by atoms with Crippen LogP contribution in [0, 0.1) is 15.5 Å². The van der Waals surface area contributed by atoms with Gasteiger partial charge >= 0.3 is 5.97 Å². The molecule has 2 N–H and O–H groups in total. The zero-order valence-corrected chi connectivity index (χ0v) is 12.5. The molecule has 114 valence electrons. The second-order valence-electron chi connectivity index (χ2n) is 5.29. The van der Waals surface area contributed by atoms with E-state index >= 15 is 0 Å². The summed E-state index contributed by atoms with van der Waals surface area (Å²) in [7, 11) is 0. The van der Waals surface area contributed by atoms with Gasteiger partial charge in [-0.25, -0.2) is 0 Å². The van der Waals surface area contributed by atoms with Crippen LogP contribution in [-0.4, -0.2) is 26.8 Å². The Labute approximate surface area is 126 Å². The highest BCUT2D eigenvalue weighted by atomic mass is 35.5. The van der Waals surface area contributed by atoms with Crippen molar-refractivity contribution in [2.45, 2.75) is 32.8 Å². The van der Waals surface area contributed by atoms with Crippen LogP contribution in [0.15, 0.2) is 12.1 Å². The summed E-state index contributed by atoms with van der Waals surface area (Å²) in [4.78, 5) is 22.2. The van der Waals surface area contributed by atoms with Gasteiger partial charge in [0.2, 0.25) is 0 Å². The zero-order valence-electron chi connectivity index (χ0n) is 11.8. The summed E-state index contributed by atoms with van der Waals surface area (Å²) >= 11 is 5.56. The van der Waals surface area contributed by atoms with Gasteiger partial charge in [-0.05, 0) is 26.8 Å². The predicted molar refractivity (Wildman–Crippen MR) is 77.0 cm³/mol. The maximum atomic E-state index is 11.8. The van der Waals surface area contributed by atoms with Crippen molar-refractivity contribution in [2.75, 3.05) is 0 Å². The smallest absolute Gasteiger partial charge is 0.311 e. The molecule has 0 atom stereocenters. The third kappa shape index (κ3) is 4.42. The average Bonchev–Trinajstić information content (AvgIpc) is 2.24. The largest absolute Gasteiger partial charge is 0.507 e. The Morgan fingerprint density at radius 3 is 2.48 bits per heavy atom. The Hall–Kier alpha value is -2.15. The lowest BCUT2D eigenvalue weighted by Gasteiger charge is -2.20. The van der Waals surface area contributed by atoms with Crippen molar-refractivity contribution in [3.8, 4) is 5.75 Å². The van der Waals surface area contributed by atoms with Crippen molar-refractivity contribution in [1.29, 1.82) is 5.41 Å². The number of halogens is 1. The van der Waals surface area contributed by atoms with Gasteiger partial charge < -0.3 is 9.84 Å². The van der Waals surface area contributed by atoms with Crippen LogP contribution in [0.25, 0.3) is 0 Å². The van der Waals surface area contributed by atoms with Crippen LogP contribution < -0.4 is 0 Å². The summed E-state index contributed by atoms with van der Waals surface area (Å²) in [6, 6.07) is 2.11. The second kappa shape index (κ2) is 6.09. The SMILES string of the molecule is CC(C)(C)OC(=O)Cc1c([N+](=O)[O-])ccc(O)c1C(=N)Cl. The molecule has 0 aliphatic rings. The number of rotatable bonds is 4. The maximum Gasteiger partial charge on any atom is 0.311 e. The van der Waals surface area contributed by atoms with Crippen molar-refractivity contribution in [3.05, 3.63) is 33.4 Å². The summed E-state index contributed by atoms with van der Waals surface area (Å²) in [5.41, 5.74) is -1.54. The van der Waals surface area contributed by atoms with E-state index in [1.54, 1.807) is 20.8 Å². The molecule has 1 rings (SSSR count). The molecule has 21 heavy (non-hydrogen) atoms. The number of benzene rings is 1. The van der Waals surface area contributed by atoms with E-state index in [9.17, 15) is 20.0 Å². The number of carbonyl (C=O) groups is 1. The van der Waals surface area contributed by atoms with Crippen LogP contribution in [0.1, 0.15) is 31.9 Å². The standard InChI is InChI=1S/C13H15ClN2O5/c1-13(2,3)21-10(18)6-7-8(16(19)20)4-5-9(17)11(7)12(14)15/h4-5,15,17H,6H2,1-3H3. The van der Waals surface area contributed by atoms with E-state index in [0.717, 1.165) is 12.1 Å². The summed E-state index contributed by atoms with van der Waals surface area (Å²) in [5.74, 6) is -1.12. The number of aromatic hydroxyl groups is 1. The second-order valence-corrected chi connectivity index (χ2v) is 5.67. The van der Waals surface area contributed by atoms with E-state index in [0.29, 0.717) is 0 Å². The van der Waals surface area contributed by atoms with Crippen LogP contribution in [-0.2, 0) is 16.0 Å². The van der Waals surface area contributed by atoms with E-state index in [1.807, 2.05) is 0 Å². The lowest BCUT2D eigenvalue weighted by atomic mass is 10.0. The van der Waals surface area contributed by atoms with Crippen LogP contribution in [0.3, 0.4) is 0 Å². The molecule has 0 fully saturated rings. The minimum absolute atomic E-state index is 0.144. The molecule has 1 aromatic carbocycles. The molecule has 0 unspecified atom stereocenters. The molecular weight excluding hydrogens is 300 g/mol. The Balaban J connectivity index is 3.31. The monoisotopic (exact) mass is 314 g/mol. The number of hydrogen-bond donors (Lipinski definition) is 2. The number of nitro benzene ring substituents is 1. The molecule has 0 aliphatic carbocycles. The highest BCUT2D eigenvalue weighted by Gasteiger charge is 2.27. The molecule has 0 spiro atoms. The van der Waals surface area contributed by atoms with Gasteiger partial charge in [-0.3, -0.25) is 20.3 Å². The first-order valence-electron chi connectivity index (χ1n) is 5.98. The number of phenols is 1. The molecule has 7 nitrogen and oxygen atoms in total. The fourth-order valence-electron chi connectivity index (χ4n) is 1.74. The first-order valence-corrected chi connectivity index (χ1v) is 6.36. The number of phenolic OH excluding ortho intramolecular Hbond substituents is 1. The predicted octanol–water partition coefficient (Wildman–Crippen LogP) is 2.75. The molecule has 0 saturated heterocycles. The molecule has 0 radical (unpaired) electrons. The van der Waals surface area contributed by atoms with E-state index in [-0.39, 0.29) is 11.1 Å². The quantitative estimate of drug-likeness (QED) is 0.384. The minimum Gasteiger partial charge on any atom is -0.507 e. The minimum atomic E-state index is -0.753. The normalized spacial score (nSPS) is 11.0. The van der Waals surface area contributed by atoms with Gasteiger partial charge in [0.05, 0.1) is 22.5 Å². The van der Waals surface area contributed by atoms with Gasteiger partial charge in [0, 0.05) is 6.07 Å². The zero-order chi connectivity index (χ0) is 16.4. The first-order chi connectivity index (χ1) is 9.53. The van der Waals surface area contributed by atoms with Crippen LogP contribution in [0.4, 0.5) is 5.69 Å². The molecule has 8 heteroatoms. The van der Waals surface area contributed by atoms with Crippen molar-refractivity contribution >= 4 is 28.4 Å². The van der Waals surface area contributed by atoms with E-state index < -0.39 is 39.5 Å². The van der Waals surface area contributed by atoms with E-state index in [4.69, 9.17) is 21.7 Å². The van der Waals surface area contributed by atoms with Crippen molar-refractivity contribution < 1.29 is 19.6 Å². The lowest BCUT2D eigenvalue weighted by molar-refractivity contribution is -0.385.